The SMILES string of the molecule is Cc1cncc(C(O)C(O)CCO)c1. The lowest BCUT2D eigenvalue weighted by Crippen LogP contribution is -2.19. The van der Waals surface area contributed by atoms with Crippen LogP contribution in [0.5, 0.6) is 0 Å². The van der Waals surface area contributed by atoms with Crippen LogP contribution >= 0.6 is 0 Å². The van der Waals surface area contributed by atoms with Gasteiger partial charge in [-0.3, -0.25) is 4.98 Å². The lowest BCUT2D eigenvalue weighted by atomic mass is 10.0. The summed E-state index contributed by atoms with van der Waals surface area (Å²) in [6.45, 7) is 1.72. The van der Waals surface area contributed by atoms with Crippen molar-refractivity contribution in [1.29, 1.82) is 0 Å². The van der Waals surface area contributed by atoms with Crippen LogP contribution < -0.4 is 0 Å². The van der Waals surface area contributed by atoms with Crippen molar-refractivity contribution in [3.05, 3.63) is 29.6 Å². The molecular formula is C10H15NO3. The molecule has 2 atom stereocenters. The van der Waals surface area contributed by atoms with E-state index in [1.807, 2.05) is 6.92 Å². The van der Waals surface area contributed by atoms with Crippen LogP contribution in [0.3, 0.4) is 0 Å². The van der Waals surface area contributed by atoms with Crippen LogP contribution in [0.1, 0.15) is 23.7 Å². The fraction of sp³-hybridized carbons (Fsp3) is 0.500. The standard InChI is InChI=1S/C10H15NO3/c1-7-4-8(6-11-5-7)10(14)9(13)2-3-12/h4-6,9-10,12-14H,2-3H2,1H3. The average Bonchev–Trinajstić information content (AvgIpc) is 2.17. The molecule has 1 rings (SSSR count). The van der Waals surface area contributed by atoms with Crippen LogP contribution in [0, 0.1) is 6.92 Å². The number of nitrogens with zero attached hydrogens (tertiary/aromatic N) is 1. The van der Waals surface area contributed by atoms with E-state index in [1.165, 1.54) is 6.20 Å². The number of hydrogen-bond donors (Lipinski definition) is 3. The highest BCUT2D eigenvalue weighted by Gasteiger charge is 2.17. The second-order valence-corrected chi connectivity index (χ2v) is 3.32. The van der Waals surface area contributed by atoms with E-state index in [2.05, 4.69) is 4.98 Å². The Morgan fingerprint density at radius 3 is 2.64 bits per heavy atom. The van der Waals surface area contributed by atoms with E-state index in [-0.39, 0.29) is 13.0 Å². The molecule has 78 valence electrons. The van der Waals surface area contributed by atoms with E-state index >= 15 is 0 Å². The second kappa shape index (κ2) is 5.05. The second-order valence-electron chi connectivity index (χ2n) is 3.32. The van der Waals surface area contributed by atoms with Gasteiger partial charge in [-0.05, 0) is 18.9 Å². The summed E-state index contributed by atoms with van der Waals surface area (Å²) in [5.41, 5.74) is 1.50. The van der Waals surface area contributed by atoms with Gasteiger partial charge in [0.2, 0.25) is 0 Å². The van der Waals surface area contributed by atoms with Crippen molar-refractivity contribution in [2.45, 2.75) is 25.6 Å². The Balaban J connectivity index is 2.73. The molecule has 0 aliphatic carbocycles. The first-order valence-electron chi connectivity index (χ1n) is 4.53. The van der Waals surface area contributed by atoms with Crippen LogP contribution in [-0.2, 0) is 0 Å². The minimum absolute atomic E-state index is 0.141. The molecule has 0 aliphatic rings. The first-order chi connectivity index (χ1) is 6.65. The van der Waals surface area contributed by atoms with Gasteiger partial charge in [-0.25, -0.2) is 0 Å². The van der Waals surface area contributed by atoms with Crippen LogP contribution in [0.2, 0.25) is 0 Å². The lowest BCUT2D eigenvalue weighted by molar-refractivity contribution is 0.00401. The Kier molecular flexibility index (Phi) is 4.00. The average molecular weight is 197 g/mol. The van der Waals surface area contributed by atoms with Crippen molar-refractivity contribution in [2.75, 3.05) is 6.61 Å². The predicted molar refractivity (Wildman–Crippen MR) is 51.6 cm³/mol. The Bertz CT molecular complexity index is 290. The Labute approximate surface area is 82.9 Å². The minimum Gasteiger partial charge on any atom is -0.396 e. The third-order valence-corrected chi connectivity index (χ3v) is 2.03. The largest absolute Gasteiger partial charge is 0.396 e. The zero-order valence-corrected chi connectivity index (χ0v) is 8.09. The highest BCUT2D eigenvalue weighted by Crippen LogP contribution is 2.18. The van der Waals surface area contributed by atoms with E-state index in [1.54, 1.807) is 12.3 Å². The van der Waals surface area contributed by atoms with Crippen LogP contribution in [0.15, 0.2) is 18.5 Å². The monoisotopic (exact) mass is 197 g/mol. The molecule has 2 unspecified atom stereocenters. The Morgan fingerprint density at radius 1 is 1.36 bits per heavy atom. The molecule has 0 bridgehead atoms. The molecule has 1 heterocycles. The summed E-state index contributed by atoms with van der Waals surface area (Å²) >= 11 is 0. The molecule has 0 amide bonds. The Morgan fingerprint density at radius 2 is 2.07 bits per heavy atom. The maximum Gasteiger partial charge on any atom is 0.106 e. The highest BCUT2D eigenvalue weighted by molar-refractivity contribution is 5.19. The van der Waals surface area contributed by atoms with E-state index in [0.717, 1.165) is 5.56 Å². The summed E-state index contributed by atoms with van der Waals surface area (Å²) in [5.74, 6) is 0. The van der Waals surface area contributed by atoms with Gasteiger partial charge in [0, 0.05) is 24.6 Å². The number of aliphatic hydroxyl groups is 3. The molecule has 0 aliphatic heterocycles. The highest BCUT2D eigenvalue weighted by atomic mass is 16.3. The van der Waals surface area contributed by atoms with Crippen LogP contribution in [0.25, 0.3) is 0 Å². The number of hydrogen-bond acceptors (Lipinski definition) is 4. The molecule has 0 saturated heterocycles. The number of rotatable bonds is 4. The molecule has 14 heavy (non-hydrogen) atoms. The molecular weight excluding hydrogens is 182 g/mol. The van der Waals surface area contributed by atoms with Crippen molar-refractivity contribution in [3.8, 4) is 0 Å². The quantitative estimate of drug-likeness (QED) is 0.643. The normalized spacial score (nSPS) is 15.1. The van der Waals surface area contributed by atoms with Gasteiger partial charge in [0.25, 0.3) is 0 Å². The van der Waals surface area contributed by atoms with E-state index in [9.17, 15) is 10.2 Å². The maximum atomic E-state index is 9.64. The number of aromatic nitrogens is 1. The molecule has 0 aromatic carbocycles. The van der Waals surface area contributed by atoms with Crippen LogP contribution in [0.4, 0.5) is 0 Å². The van der Waals surface area contributed by atoms with Gasteiger partial charge >= 0.3 is 0 Å². The van der Waals surface area contributed by atoms with Crippen LogP contribution in [-0.4, -0.2) is 33.0 Å². The fourth-order valence-corrected chi connectivity index (χ4v) is 1.25. The minimum atomic E-state index is -0.977. The number of pyridine rings is 1. The van der Waals surface area contributed by atoms with Crippen molar-refractivity contribution < 1.29 is 15.3 Å². The van der Waals surface area contributed by atoms with Crippen molar-refractivity contribution in [1.82, 2.24) is 4.98 Å². The molecule has 0 spiro atoms. The fourth-order valence-electron chi connectivity index (χ4n) is 1.25. The van der Waals surface area contributed by atoms with Gasteiger partial charge in [0.1, 0.15) is 6.10 Å². The van der Waals surface area contributed by atoms with Gasteiger partial charge in [-0.15, -0.1) is 0 Å². The van der Waals surface area contributed by atoms with Crippen molar-refractivity contribution in [2.24, 2.45) is 0 Å². The first kappa shape index (κ1) is 11.1. The number of aliphatic hydroxyl groups excluding tert-OH is 3. The molecule has 3 N–H and O–H groups in total. The van der Waals surface area contributed by atoms with Gasteiger partial charge < -0.3 is 15.3 Å². The zero-order valence-electron chi connectivity index (χ0n) is 8.09. The van der Waals surface area contributed by atoms with E-state index < -0.39 is 12.2 Å². The summed E-state index contributed by atoms with van der Waals surface area (Å²) in [7, 11) is 0. The topological polar surface area (TPSA) is 73.6 Å². The third kappa shape index (κ3) is 2.77. The Hall–Kier alpha value is -0.970. The summed E-state index contributed by atoms with van der Waals surface area (Å²) in [5, 5.41) is 27.7. The summed E-state index contributed by atoms with van der Waals surface area (Å²) in [4.78, 5) is 3.91. The van der Waals surface area contributed by atoms with Gasteiger partial charge in [0.15, 0.2) is 0 Å². The van der Waals surface area contributed by atoms with Gasteiger partial charge in [-0.1, -0.05) is 6.07 Å². The smallest absolute Gasteiger partial charge is 0.106 e. The molecule has 0 saturated carbocycles. The molecule has 0 fully saturated rings. The predicted octanol–water partition coefficient (Wildman–Crippen LogP) is 0.167. The van der Waals surface area contributed by atoms with E-state index in [0.29, 0.717) is 5.56 Å². The lowest BCUT2D eigenvalue weighted by Gasteiger charge is -2.16. The summed E-state index contributed by atoms with van der Waals surface area (Å²) in [6, 6.07) is 1.76. The molecule has 0 radical (unpaired) electrons. The molecule has 4 nitrogen and oxygen atoms in total. The molecule has 1 aromatic heterocycles. The van der Waals surface area contributed by atoms with Crippen molar-refractivity contribution >= 4 is 0 Å². The zero-order chi connectivity index (χ0) is 10.6. The summed E-state index contributed by atoms with van der Waals surface area (Å²) in [6.07, 6.45) is 1.43. The van der Waals surface area contributed by atoms with Crippen molar-refractivity contribution in [3.63, 3.8) is 0 Å². The summed E-state index contributed by atoms with van der Waals surface area (Å²) < 4.78 is 0. The van der Waals surface area contributed by atoms with E-state index in [4.69, 9.17) is 5.11 Å². The first-order valence-corrected chi connectivity index (χ1v) is 4.53. The third-order valence-electron chi connectivity index (χ3n) is 2.03. The van der Waals surface area contributed by atoms with Gasteiger partial charge in [-0.2, -0.15) is 0 Å². The molecule has 1 aromatic rings. The number of aryl methyl sites for hydroxylation is 1. The van der Waals surface area contributed by atoms with Gasteiger partial charge in [0.05, 0.1) is 6.10 Å². The maximum absolute atomic E-state index is 9.64. The molecule has 4 heteroatoms.